The maximum absolute atomic E-state index is 12.6. The van der Waals surface area contributed by atoms with Gasteiger partial charge in [0.2, 0.25) is 5.91 Å². The smallest absolute Gasteiger partial charge is 0.261 e. The van der Waals surface area contributed by atoms with Gasteiger partial charge < -0.3 is 20.1 Å². The number of carbonyl (C=O) groups excluding carboxylic acids is 2. The van der Waals surface area contributed by atoms with Crippen molar-refractivity contribution in [3.05, 3.63) is 29.8 Å². The topological polar surface area (TPSA) is 79.9 Å². The number of nitrogens with one attached hydrogen (secondary N) is 2. The minimum atomic E-state index is -0.498. The molecule has 1 unspecified atom stereocenters. The minimum Gasteiger partial charge on any atom is -0.480 e. The molecular formula is C20H29N3O4. The number of carbonyl (C=O) groups is 2. The Bertz CT molecular complexity index is 671. The van der Waals surface area contributed by atoms with Crippen LogP contribution >= 0.6 is 0 Å². The van der Waals surface area contributed by atoms with E-state index >= 15 is 0 Å². The summed E-state index contributed by atoms with van der Waals surface area (Å²) in [6, 6.07) is 8.03. The zero-order valence-electron chi connectivity index (χ0n) is 16.1. The van der Waals surface area contributed by atoms with Gasteiger partial charge in [0.1, 0.15) is 5.75 Å². The Morgan fingerprint density at radius 3 is 2.74 bits per heavy atom. The van der Waals surface area contributed by atoms with Crippen LogP contribution in [-0.4, -0.2) is 69.8 Å². The summed E-state index contributed by atoms with van der Waals surface area (Å²) in [5.41, 5.74) is 1.10. The van der Waals surface area contributed by atoms with Crippen LogP contribution in [0, 0.1) is 0 Å². The summed E-state index contributed by atoms with van der Waals surface area (Å²) in [6.45, 7) is 3.05. The molecule has 27 heavy (non-hydrogen) atoms. The van der Waals surface area contributed by atoms with E-state index in [0.717, 1.165) is 31.7 Å². The first-order chi connectivity index (χ1) is 13.1. The maximum atomic E-state index is 12.6. The number of hydrogen-bond donors (Lipinski definition) is 2. The van der Waals surface area contributed by atoms with Crippen molar-refractivity contribution in [2.24, 2.45) is 0 Å². The third-order valence-corrected chi connectivity index (χ3v) is 5.66. The number of amides is 2. The number of fused-ring (bicyclic) bond motifs is 2. The van der Waals surface area contributed by atoms with Crippen molar-refractivity contribution >= 4 is 11.8 Å². The molecule has 2 amide bonds. The van der Waals surface area contributed by atoms with Gasteiger partial charge in [0, 0.05) is 38.1 Å². The maximum Gasteiger partial charge on any atom is 0.261 e. The van der Waals surface area contributed by atoms with Gasteiger partial charge in [-0.2, -0.15) is 0 Å². The number of methoxy groups -OCH3 is 1. The van der Waals surface area contributed by atoms with Crippen molar-refractivity contribution in [2.75, 3.05) is 46.9 Å². The van der Waals surface area contributed by atoms with Crippen LogP contribution in [0.2, 0.25) is 0 Å². The number of para-hydroxylation sites is 1. The lowest BCUT2D eigenvalue weighted by Gasteiger charge is -2.46. The highest BCUT2D eigenvalue weighted by Gasteiger charge is 2.45. The SMILES string of the molecule is CNC(=O)CN1CCC2(CC1)CC(C(=O)NCCOC)Oc1ccccc12. The van der Waals surface area contributed by atoms with Crippen LogP contribution in [0.1, 0.15) is 24.8 Å². The van der Waals surface area contributed by atoms with Crippen LogP contribution in [0.25, 0.3) is 0 Å². The third kappa shape index (κ3) is 4.42. The molecule has 7 heteroatoms. The quantitative estimate of drug-likeness (QED) is 0.715. The minimum absolute atomic E-state index is 0.0359. The van der Waals surface area contributed by atoms with Crippen molar-refractivity contribution < 1.29 is 19.1 Å². The highest BCUT2D eigenvalue weighted by Crippen LogP contribution is 2.47. The fraction of sp³-hybridized carbons (Fsp3) is 0.600. The molecule has 2 aliphatic heterocycles. The van der Waals surface area contributed by atoms with Gasteiger partial charge in [-0.3, -0.25) is 14.5 Å². The molecule has 0 saturated carbocycles. The Kier molecular flexibility index (Phi) is 6.34. The summed E-state index contributed by atoms with van der Waals surface area (Å²) in [7, 11) is 3.27. The van der Waals surface area contributed by atoms with Crippen molar-refractivity contribution in [2.45, 2.75) is 30.8 Å². The average molecular weight is 375 g/mol. The lowest BCUT2D eigenvalue weighted by molar-refractivity contribution is -0.130. The number of hydrogen-bond acceptors (Lipinski definition) is 5. The molecule has 7 nitrogen and oxygen atoms in total. The van der Waals surface area contributed by atoms with Gasteiger partial charge in [-0.1, -0.05) is 18.2 Å². The summed E-state index contributed by atoms with van der Waals surface area (Å²) < 4.78 is 11.0. The second kappa shape index (κ2) is 8.71. The van der Waals surface area contributed by atoms with Gasteiger partial charge in [0.25, 0.3) is 5.91 Å². The molecule has 0 bridgehead atoms. The normalized spacial score (nSPS) is 21.2. The fourth-order valence-corrected chi connectivity index (χ4v) is 4.10. The number of benzene rings is 1. The van der Waals surface area contributed by atoms with Crippen LogP contribution < -0.4 is 15.4 Å². The highest BCUT2D eigenvalue weighted by atomic mass is 16.5. The molecular weight excluding hydrogens is 346 g/mol. The van der Waals surface area contributed by atoms with Gasteiger partial charge in [-0.05, 0) is 32.0 Å². The zero-order chi connectivity index (χ0) is 19.3. The molecule has 1 atom stereocenters. The van der Waals surface area contributed by atoms with Crippen LogP contribution in [0.15, 0.2) is 24.3 Å². The fourth-order valence-electron chi connectivity index (χ4n) is 4.10. The first-order valence-electron chi connectivity index (χ1n) is 9.54. The van der Waals surface area contributed by atoms with Crippen LogP contribution in [0.4, 0.5) is 0 Å². The molecule has 0 radical (unpaired) electrons. The van der Waals surface area contributed by atoms with Gasteiger partial charge >= 0.3 is 0 Å². The van der Waals surface area contributed by atoms with E-state index in [0.29, 0.717) is 26.1 Å². The Morgan fingerprint density at radius 2 is 2.04 bits per heavy atom. The number of nitrogens with zero attached hydrogens (tertiary/aromatic N) is 1. The average Bonchev–Trinajstić information content (AvgIpc) is 2.70. The van der Waals surface area contributed by atoms with Crippen LogP contribution in [0.3, 0.4) is 0 Å². The number of rotatable bonds is 6. The zero-order valence-corrected chi connectivity index (χ0v) is 16.1. The molecule has 148 valence electrons. The lowest BCUT2D eigenvalue weighted by Crippen LogP contribution is -2.52. The van der Waals surface area contributed by atoms with E-state index in [4.69, 9.17) is 9.47 Å². The predicted molar refractivity (Wildman–Crippen MR) is 102 cm³/mol. The lowest BCUT2D eigenvalue weighted by atomic mass is 9.67. The second-order valence-corrected chi connectivity index (χ2v) is 7.32. The molecule has 1 aromatic rings. The number of ether oxygens (including phenoxy) is 2. The number of piperidine rings is 1. The highest BCUT2D eigenvalue weighted by molar-refractivity contribution is 5.82. The standard InChI is InChI=1S/C20H29N3O4/c1-21-18(24)14-23-10-7-20(8-11-23)13-17(19(25)22-9-12-26-2)27-16-6-4-3-5-15(16)20/h3-6,17H,7-14H2,1-2H3,(H,21,24)(H,22,25). The number of likely N-dealkylation sites (N-methyl/N-ethyl adjacent to an activating group) is 1. The monoisotopic (exact) mass is 375 g/mol. The van der Waals surface area contributed by atoms with Crippen molar-refractivity contribution in [3.63, 3.8) is 0 Å². The van der Waals surface area contributed by atoms with Crippen molar-refractivity contribution in [1.82, 2.24) is 15.5 Å². The summed E-state index contributed by atoms with van der Waals surface area (Å²) in [5.74, 6) is 0.748. The summed E-state index contributed by atoms with van der Waals surface area (Å²) in [4.78, 5) is 26.5. The van der Waals surface area contributed by atoms with Gasteiger partial charge in [0.15, 0.2) is 6.10 Å². The van der Waals surface area contributed by atoms with E-state index < -0.39 is 6.10 Å². The van der Waals surface area contributed by atoms with Gasteiger partial charge in [0.05, 0.1) is 13.2 Å². The third-order valence-electron chi connectivity index (χ3n) is 5.66. The van der Waals surface area contributed by atoms with Crippen molar-refractivity contribution in [3.8, 4) is 5.75 Å². The second-order valence-electron chi connectivity index (χ2n) is 7.32. The summed E-state index contributed by atoms with van der Waals surface area (Å²) in [6.07, 6.45) is 1.98. The summed E-state index contributed by atoms with van der Waals surface area (Å²) in [5, 5.41) is 5.58. The molecule has 2 N–H and O–H groups in total. The molecule has 0 aliphatic carbocycles. The van der Waals surface area contributed by atoms with E-state index in [2.05, 4.69) is 21.6 Å². The van der Waals surface area contributed by atoms with E-state index in [1.165, 1.54) is 5.56 Å². The molecule has 1 spiro atoms. The molecule has 1 saturated heterocycles. The molecule has 2 aliphatic rings. The molecule has 1 fully saturated rings. The molecule has 3 rings (SSSR count). The first-order valence-corrected chi connectivity index (χ1v) is 9.54. The molecule has 2 heterocycles. The van der Waals surface area contributed by atoms with Crippen LogP contribution in [-0.2, 0) is 19.7 Å². The van der Waals surface area contributed by atoms with E-state index in [-0.39, 0.29) is 17.2 Å². The predicted octanol–water partition coefficient (Wildman–Crippen LogP) is 0.680. The van der Waals surface area contributed by atoms with Crippen LogP contribution in [0.5, 0.6) is 5.75 Å². The summed E-state index contributed by atoms with van der Waals surface area (Å²) >= 11 is 0. The number of likely N-dealkylation sites (tertiary alicyclic amines) is 1. The van der Waals surface area contributed by atoms with E-state index in [9.17, 15) is 9.59 Å². The van der Waals surface area contributed by atoms with E-state index in [1.807, 2.05) is 18.2 Å². The molecule has 0 aromatic heterocycles. The van der Waals surface area contributed by atoms with Gasteiger partial charge in [-0.15, -0.1) is 0 Å². The Morgan fingerprint density at radius 1 is 1.30 bits per heavy atom. The first kappa shape index (κ1) is 19.6. The Hall–Kier alpha value is -2.12. The van der Waals surface area contributed by atoms with E-state index in [1.54, 1.807) is 14.2 Å². The Balaban J connectivity index is 1.74. The largest absolute Gasteiger partial charge is 0.480 e. The molecule has 1 aromatic carbocycles. The van der Waals surface area contributed by atoms with Gasteiger partial charge in [-0.25, -0.2) is 0 Å². The Labute approximate surface area is 160 Å². The van der Waals surface area contributed by atoms with Crippen molar-refractivity contribution in [1.29, 1.82) is 0 Å².